The number of aromatic nitrogens is 1. The van der Waals surface area contributed by atoms with E-state index >= 15 is 0 Å². The van der Waals surface area contributed by atoms with Gasteiger partial charge in [-0.25, -0.2) is 8.42 Å². The van der Waals surface area contributed by atoms with Crippen LogP contribution in [0.4, 0.5) is 0 Å². The molecule has 8 nitrogen and oxygen atoms in total. The van der Waals surface area contributed by atoms with Gasteiger partial charge in [0, 0.05) is 37.8 Å². The van der Waals surface area contributed by atoms with Crippen LogP contribution >= 0.6 is 11.8 Å². The first-order valence-electron chi connectivity index (χ1n) is 6.56. The van der Waals surface area contributed by atoms with E-state index in [1.807, 2.05) is 0 Å². The molecule has 2 heterocycles. The van der Waals surface area contributed by atoms with Crippen LogP contribution in [0.5, 0.6) is 0 Å². The van der Waals surface area contributed by atoms with Crippen LogP contribution in [0.3, 0.4) is 0 Å². The molecular formula is C12H17N3O5S2. The van der Waals surface area contributed by atoms with Crippen molar-refractivity contribution < 1.29 is 23.1 Å². The van der Waals surface area contributed by atoms with Crippen LogP contribution in [0.2, 0.25) is 0 Å². The number of aliphatic carboxylic acids is 1. The van der Waals surface area contributed by atoms with E-state index in [9.17, 15) is 18.0 Å². The van der Waals surface area contributed by atoms with Crippen molar-refractivity contribution in [3.05, 3.63) is 18.0 Å². The maximum Gasteiger partial charge on any atom is 0.323 e. The predicted molar refractivity (Wildman–Crippen MR) is 81.5 cm³/mol. The van der Waals surface area contributed by atoms with Gasteiger partial charge in [-0.3, -0.25) is 9.59 Å². The van der Waals surface area contributed by atoms with Crippen molar-refractivity contribution in [3.8, 4) is 0 Å². The molecule has 0 saturated carbocycles. The second kappa shape index (κ2) is 6.71. The van der Waals surface area contributed by atoms with E-state index in [0.29, 0.717) is 13.1 Å². The highest BCUT2D eigenvalue weighted by molar-refractivity contribution is 7.99. The van der Waals surface area contributed by atoms with Gasteiger partial charge in [-0.15, -0.1) is 0 Å². The van der Waals surface area contributed by atoms with Gasteiger partial charge in [0.25, 0.3) is 5.91 Å². The van der Waals surface area contributed by atoms with Gasteiger partial charge >= 0.3 is 5.97 Å². The second-order valence-electron chi connectivity index (χ2n) is 4.82. The molecule has 1 fully saturated rings. The molecule has 1 aliphatic rings. The molecule has 0 aliphatic carbocycles. The quantitative estimate of drug-likeness (QED) is 0.770. The molecule has 0 bridgehead atoms. The Morgan fingerprint density at radius 2 is 2.05 bits per heavy atom. The Labute approximate surface area is 132 Å². The van der Waals surface area contributed by atoms with E-state index < -0.39 is 28.4 Å². The van der Waals surface area contributed by atoms with Crippen LogP contribution < -0.4 is 0 Å². The topological polar surface area (TPSA) is 111 Å². The second-order valence-corrected chi connectivity index (χ2v) is 7.98. The van der Waals surface area contributed by atoms with Gasteiger partial charge in [0.05, 0.1) is 0 Å². The molecule has 0 unspecified atom stereocenters. The SMILES string of the molecule is CN(CC(=O)O)C(=O)c1cc(S(=O)(=O)N2CCSCC2)c[nH]1. The normalized spacial score (nSPS) is 16.4. The Hall–Kier alpha value is -1.52. The molecule has 1 aliphatic heterocycles. The molecule has 0 atom stereocenters. The Morgan fingerprint density at radius 3 is 2.64 bits per heavy atom. The lowest BCUT2D eigenvalue weighted by Crippen LogP contribution is -2.37. The van der Waals surface area contributed by atoms with Gasteiger partial charge in [0.1, 0.15) is 17.1 Å². The van der Waals surface area contributed by atoms with Crippen molar-refractivity contribution in [2.45, 2.75) is 4.90 Å². The zero-order valence-electron chi connectivity index (χ0n) is 12.0. The van der Waals surface area contributed by atoms with Crippen molar-refractivity contribution in [3.63, 3.8) is 0 Å². The molecule has 0 radical (unpaired) electrons. The summed E-state index contributed by atoms with van der Waals surface area (Å²) in [4.78, 5) is 26.3. The number of carbonyl (C=O) groups excluding carboxylic acids is 1. The number of thioether (sulfide) groups is 1. The fraction of sp³-hybridized carbons (Fsp3) is 0.500. The predicted octanol–water partition coefficient (Wildman–Crippen LogP) is -0.0912. The van der Waals surface area contributed by atoms with Crippen LogP contribution in [0.25, 0.3) is 0 Å². The summed E-state index contributed by atoms with van der Waals surface area (Å²) in [6, 6.07) is 1.25. The first-order valence-corrected chi connectivity index (χ1v) is 9.15. The Kier molecular flexibility index (Phi) is 5.14. The molecular weight excluding hydrogens is 330 g/mol. The Bertz CT molecular complexity index is 664. The molecule has 1 aromatic heterocycles. The largest absolute Gasteiger partial charge is 0.480 e. The first kappa shape index (κ1) is 16.8. The fourth-order valence-corrected chi connectivity index (χ4v) is 4.63. The summed E-state index contributed by atoms with van der Waals surface area (Å²) in [7, 11) is -2.28. The monoisotopic (exact) mass is 347 g/mol. The van der Waals surface area contributed by atoms with Crippen molar-refractivity contribution in [1.82, 2.24) is 14.2 Å². The average molecular weight is 347 g/mol. The third-order valence-corrected chi connectivity index (χ3v) is 6.03. The summed E-state index contributed by atoms with van der Waals surface area (Å²) in [6.45, 7) is 0.435. The number of amides is 1. The number of hydrogen-bond acceptors (Lipinski definition) is 5. The van der Waals surface area contributed by atoms with E-state index in [1.165, 1.54) is 23.6 Å². The van der Waals surface area contributed by atoms with Crippen LogP contribution in [-0.2, 0) is 14.8 Å². The summed E-state index contributed by atoms with van der Waals surface area (Å²) < 4.78 is 26.3. The van der Waals surface area contributed by atoms with Gasteiger partial charge < -0.3 is 15.0 Å². The number of rotatable bonds is 5. The number of aromatic amines is 1. The van der Waals surface area contributed by atoms with Crippen LogP contribution in [0.1, 0.15) is 10.5 Å². The van der Waals surface area contributed by atoms with Crippen LogP contribution in [0.15, 0.2) is 17.2 Å². The van der Waals surface area contributed by atoms with Gasteiger partial charge in [-0.2, -0.15) is 16.1 Å². The fourth-order valence-electron chi connectivity index (χ4n) is 2.06. The molecule has 10 heteroatoms. The highest BCUT2D eigenvalue weighted by Gasteiger charge is 2.28. The molecule has 122 valence electrons. The van der Waals surface area contributed by atoms with E-state index in [1.54, 1.807) is 11.8 Å². The molecule has 1 amide bonds. The lowest BCUT2D eigenvalue weighted by molar-refractivity contribution is -0.137. The number of carbonyl (C=O) groups is 2. The smallest absolute Gasteiger partial charge is 0.323 e. The number of sulfonamides is 1. The maximum atomic E-state index is 12.4. The van der Waals surface area contributed by atoms with Crippen molar-refractivity contribution in [1.29, 1.82) is 0 Å². The summed E-state index contributed by atoms with van der Waals surface area (Å²) in [5, 5.41) is 8.68. The number of nitrogens with one attached hydrogen (secondary N) is 1. The highest BCUT2D eigenvalue weighted by atomic mass is 32.2. The van der Waals surface area contributed by atoms with Gasteiger partial charge in [0.2, 0.25) is 10.0 Å². The third-order valence-electron chi connectivity index (χ3n) is 3.21. The van der Waals surface area contributed by atoms with Gasteiger partial charge in [0.15, 0.2) is 0 Å². The van der Waals surface area contributed by atoms with E-state index in [0.717, 1.165) is 16.4 Å². The summed E-state index contributed by atoms with van der Waals surface area (Å²) >= 11 is 1.70. The molecule has 1 aromatic rings. The maximum absolute atomic E-state index is 12.4. The minimum atomic E-state index is -3.62. The average Bonchev–Trinajstić information content (AvgIpc) is 2.97. The van der Waals surface area contributed by atoms with Crippen molar-refractivity contribution in [2.24, 2.45) is 0 Å². The zero-order chi connectivity index (χ0) is 16.3. The Balaban J connectivity index is 2.16. The molecule has 0 spiro atoms. The van der Waals surface area contributed by atoms with E-state index in [-0.39, 0.29) is 10.6 Å². The lowest BCUT2D eigenvalue weighted by atomic mass is 10.4. The molecule has 1 saturated heterocycles. The number of carboxylic acid groups (broad SMARTS) is 1. The molecule has 2 N–H and O–H groups in total. The summed E-state index contributed by atoms with van der Waals surface area (Å²) in [5.74, 6) is -0.216. The minimum Gasteiger partial charge on any atom is -0.480 e. The van der Waals surface area contributed by atoms with Gasteiger partial charge in [-0.05, 0) is 6.07 Å². The lowest BCUT2D eigenvalue weighted by Gasteiger charge is -2.24. The summed E-state index contributed by atoms with van der Waals surface area (Å²) in [5.41, 5.74) is 0.0497. The third kappa shape index (κ3) is 3.62. The van der Waals surface area contributed by atoms with Crippen LogP contribution in [-0.4, -0.2) is 77.8 Å². The van der Waals surface area contributed by atoms with Crippen LogP contribution in [0, 0.1) is 0 Å². The Morgan fingerprint density at radius 1 is 1.41 bits per heavy atom. The van der Waals surface area contributed by atoms with Crippen molar-refractivity contribution >= 4 is 33.7 Å². The standard InChI is InChI=1S/C12H17N3O5S2/c1-14(8-11(16)17)12(18)10-6-9(7-13-10)22(19,20)15-2-4-21-5-3-15/h6-7,13H,2-5,8H2,1H3,(H,16,17). The number of hydrogen-bond donors (Lipinski definition) is 2. The highest BCUT2D eigenvalue weighted by Crippen LogP contribution is 2.21. The number of H-pyrrole nitrogens is 1. The molecule has 0 aromatic carbocycles. The van der Waals surface area contributed by atoms with Gasteiger partial charge in [-0.1, -0.05) is 0 Å². The molecule has 2 rings (SSSR count). The molecule has 22 heavy (non-hydrogen) atoms. The van der Waals surface area contributed by atoms with Crippen molar-refractivity contribution in [2.75, 3.05) is 38.2 Å². The summed E-state index contributed by atoms with van der Waals surface area (Å²) in [6.07, 6.45) is 1.26. The zero-order valence-corrected chi connectivity index (χ0v) is 13.6. The minimum absolute atomic E-state index is 0.0199. The van der Waals surface area contributed by atoms with E-state index in [4.69, 9.17) is 5.11 Å². The number of carboxylic acids is 1. The number of nitrogens with zero attached hydrogens (tertiary/aromatic N) is 2. The number of likely N-dealkylation sites (N-methyl/N-ethyl adjacent to an activating group) is 1. The van der Waals surface area contributed by atoms with E-state index in [2.05, 4.69) is 4.98 Å². The first-order chi connectivity index (χ1) is 10.3.